The highest BCUT2D eigenvalue weighted by atomic mass is 16.2. The van der Waals surface area contributed by atoms with Gasteiger partial charge in [0.1, 0.15) is 6.04 Å². The highest BCUT2D eigenvalue weighted by molar-refractivity contribution is 7.89. The first-order valence-electron chi connectivity index (χ1n) is 7.60. The van der Waals surface area contributed by atoms with E-state index in [4.69, 9.17) is 43.9 Å². The monoisotopic (exact) mass is 298 g/mol. The minimum atomic E-state index is -0.630. The molecule has 0 aromatic rings. The van der Waals surface area contributed by atoms with E-state index >= 15 is 0 Å². The molecule has 1 heterocycles. The van der Waals surface area contributed by atoms with Crippen molar-refractivity contribution < 1.29 is 4.79 Å². The van der Waals surface area contributed by atoms with E-state index in [-0.39, 0.29) is 18.0 Å². The zero-order chi connectivity index (χ0) is 18.0. The van der Waals surface area contributed by atoms with Gasteiger partial charge < -0.3 is 15.5 Å². The summed E-state index contributed by atoms with van der Waals surface area (Å²) in [6, 6.07) is 1.71. The Morgan fingerprint density at radius 2 is 1.87 bits per heavy atom. The number of amides is 1. The first kappa shape index (κ1) is 22.4. The van der Waals surface area contributed by atoms with Gasteiger partial charge >= 0.3 is 0 Å². The predicted molar refractivity (Wildman–Crippen MR) is 103 cm³/mol. The standard InChI is InChI=1S/C10H18N4O.B8/c1-12-7-9(13-2)10(15)14-5-3-4-8(14)6-11;1-6(2)8(5)7(3)4/h8-9,12-13H,3-5,7H2,1-2H3;. The summed E-state index contributed by atoms with van der Waals surface area (Å²) >= 11 is 0. The van der Waals surface area contributed by atoms with Gasteiger partial charge in [0.25, 0.3) is 0 Å². The number of hydrogen-bond acceptors (Lipinski definition) is 4. The molecule has 13 heteroatoms. The quantitative estimate of drug-likeness (QED) is 0.495. The van der Waals surface area contributed by atoms with Crippen LogP contribution >= 0.6 is 0 Å². The van der Waals surface area contributed by atoms with Crippen LogP contribution in [0.5, 0.6) is 0 Å². The molecule has 23 heavy (non-hydrogen) atoms. The van der Waals surface area contributed by atoms with E-state index in [0.29, 0.717) is 13.1 Å². The Bertz CT molecular complexity index is 386. The third kappa shape index (κ3) is 7.67. The number of nitriles is 1. The largest absolute Gasteiger partial charge is 0.325 e. The van der Waals surface area contributed by atoms with Crippen molar-refractivity contribution in [1.29, 1.82) is 5.26 Å². The van der Waals surface area contributed by atoms with E-state index in [1.807, 2.05) is 7.05 Å². The zero-order valence-corrected chi connectivity index (χ0v) is 13.9. The van der Waals surface area contributed by atoms with E-state index < -0.39 is 19.2 Å². The topological polar surface area (TPSA) is 68.2 Å². The molecule has 0 aliphatic carbocycles. The van der Waals surface area contributed by atoms with Gasteiger partial charge in [-0.25, -0.2) is 0 Å². The smallest absolute Gasteiger partial charge is 0.242 e. The average molecular weight is 297 g/mol. The summed E-state index contributed by atoms with van der Waals surface area (Å²) in [6.45, 7) is 1.29. The lowest BCUT2D eigenvalue weighted by Crippen LogP contribution is -2.52. The summed E-state index contributed by atoms with van der Waals surface area (Å²) in [5.41, 5.74) is 0. The Morgan fingerprint density at radius 3 is 2.22 bits per heavy atom. The fourth-order valence-electron chi connectivity index (χ4n) is 2.14. The van der Waals surface area contributed by atoms with Gasteiger partial charge in [-0.05, 0) is 26.9 Å². The van der Waals surface area contributed by atoms with Gasteiger partial charge in [0.2, 0.25) is 5.91 Å². The van der Waals surface area contributed by atoms with Gasteiger partial charge in [0.15, 0.2) is 0 Å². The summed E-state index contributed by atoms with van der Waals surface area (Å²) < 4.78 is 0. The Hall–Kier alpha value is -0.601. The second kappa shape index (κ2) is 11.9. The molecule has 0 bridgehead atoms. The SMILES string of the molecule is CNCC(NC)C(=O)N1CCCC1C#N.[B]B([B])B([B])B([B])[B]. The van der Waals surface area contributed by atoms with Crippen LogP contribution < -0.4 is 10.6 Å². The number of carbonyl (C=O) groups excluding carboxylic acids is 1. The van der Waals surface area contributed by atoms with Crippen LogP contribution in [-0.2, 0) is 4.79 Å². The molecule has 5 nitrogen and oxygen atoms in total. The zero-order valence-electron chi connectivity index (χ0n) is 13.9. The molecule has 0 aromatic heterocycles. The summed E-state index contributed by atoms with van der Waals surface area (Å²) in [7, 11) is 29.3. The lowest BCUT2D eigenvalue weighted by molar-refractivity contribution is -0.133. The molecule has 2 N–H and O–H groups in total. The Kier molecular flexibility index (Phi) is 11.6. The van der Waals surface area contributed by atoms with E-state index in [1.165, 1.54) is 0 Å². The molecule has 1 saturated heterocycles. The van der Waals surface area contributed by atoms with E-state index in [1.54, 1.807) is 11.9 Å². The highest BCUT2D eigenvalue weighted by Crippen LogP contribution is 2.17. The molecule has 2 unspecified atom stereocenters. The molecule has 10 radical (unpaired) electrons. The van der Waals surface area contributed by atoms with Gasteiger partial charge in [-0.15, -0.1) is 0 Å². The maximum Gasteiger partial charge on any atom is 0.242 e. The molecule has 0 aromatic carbocycles. The van der Waals surface area contributed by atoms with Crippen molar-refractivity contribution in [2.24, 2.45) is 0 Å². The van der Waals surface area contributed by atoms with Crippen LogP contribution in [0.4, 0.5) is 0 Å². The Morgan fingerprint density at radius 1 is 1.30 bits per heavy atom. The molecule has 1 amide bonds. The van der Waals surface area contributed by atoms with E-state index in [2.05, 4.69) is 16.7 Å². The van der Waals surface area contributed by atoms with Gasteiger partial charge in [-0.3, -0.25) is 4.79 Å². The summed E-state index contributed by atoms with van der Waals surface area (Å²) in [5.74, 6) is 0.0240. The van der Waals surface area contributed by atoms with Crippen LogP contribution in [0.25, 0.3) is 0 Å². The number of carbonyl (C=O) groups is 1. The summed E-state index contributed by atoms with van der Waals surface area (Å²) in [4.78, 5) is 13.7. The van der Waals surface area contributed by atoms with Crippen LogP contribution in [0.3, 0.4) is 0 Å². The number of nitrogens with one attached hydrogen (secondary N) is 2. The van der Waals surface area contributed by atoms with Gasteiger partial charge in [0, 0.05) is 70.9 Å². The van der Waals surface area contributed by atoms with Gasteiger partial charge in [-0.1, -0.05) is 0 Å². The highest BCUT2D eigenvalue weighted by Gasteiger charge is 2.32. The number of likely N-dealkylation sites (tertiary alicyclic amines) is 1. The maximum atomic E-state index is 12.0. The van der Waals surface area contributed by atoms with Crippen molar-refractivity contribution in [2.75, 3.05) is 27.2 Å². The molecule has 0 spiro atoms. The normalized spacial score (nSPS) is 17.4. The molecule has 1 aliphatic heterocycles. The molecule has 108 valence electrons. The van der Waals surface area contributed by atoms with E-state index in [9.17, 15) is 4.79 Å². The third-order valence-electron chi connectivity index (χ3n) is 3.63. The van der Waals surface area contributed by atoms with E-state index in [0.717, 1.165) is 12.8 Å². The molecule has 0 saturated carbocycles. The third-order valence-corrected chi connectivity index (χ3v) is 3.63. The maximum absolute atomic E-state index is 12.0. The van der Waals surface area contributed by atoms with Crippen molar-refractivity contribution in [3.63, 3.8) is 0 Å². The molecular formula is C10H18B8N4O. The van der Waals surface area contributed by atoms with Crippen LogP contribution in [0.2, 0.25) is 0 Å². The van der Waals surface area contributed by atoms with Crippen molar-refractivity contribution in [3.05, 3.63) is 0 Å². The minimum absolute atomic E-state index is 0.0240. The average Bonchev–Trinajstić information content (AvgIpc) is 3.00. The molecule has 1 rings (SSSR count). The second-order valence-electron chi connectivity index (χ2n) is 5.45. The van der Waals surface area contributed by atoms with Crippen LogP contribution in [0.15, 0.2) is 0 Å². The Labute approximate surface area is 148 Å². The van der Waals surface area contributed by atoms with Crippen LogP contribution in [0.1, 0.15) is 12.8 Å². The summed E-state index contributed by atoms with van der Waals surface area (Å²) in [5, 5.41) is 14.8. The summed E-state index contributed by atoms with van der Waals surface area (Å²) in [6.07, 6.45) is -0.0435. The van der Waals surface area contributed by atoms with Gasteiger partial charge in [-0.2, -0.15) is 5.26 Å². The van der Waals surface area contributed by atoms with Crippen molar-refractivity contribution in [2.45, 2.75) is 24.9 Å². The lowest BCUT2D eigenvalue weighted by Gasteiger charge is -2.25. The predicted octanol–water partition coefficient (Wildman–Crippen LogP) is -3.74. The van der Waals surface area contributed by atoms with Crippen molar-refractivity contribution in [1.82, 2.24) is 15.5 Å². The first-order valence-corrected chi connectivity index (χ1v) is 7.60. The van der Waals surface area contributed by atoms with Crippen LogP contribution in [0, 0.1) is 11.3 Å². The molecule has 1 fully saturated rings. The van der Waals surface area contributed by atoms with Crippen molar-refractivity contribution in [3.8, 4) is 6.07 Å². The Balaban J connectivity index is 0.000000515. The molecule has 2 atom stereocenters. The fourth-order valence-corrected chi connectivity index (χ4v) is 2.14. The number of hydrogen-bond donors (Lipinski definition) is 2. The fraction of sp³-hybridized carbons (Fsp3) is 0.800. The van der Waals surface area contributed by atoms with Gasteiger partial charge in [0.05, 0.1) is 12.1 Å². The molecular weight excluding hydrogens is 279 g/mol. The number of rotatable bonds is 6. The second-order valence-corrected chi connectivity index (χ2v) is 5.45. The number of nitrogens with zero attached hydrogens (tertiary/aromatic N) is 2. The lowest BCUT2D eigenvalue weighted by atomic mass is 8.68. The first-order chi connectivity index (χ1) is 10.8. The molecule has 1 aliphatic rings. The minimum Gasteiger partial charge on any atom is -0.325 e. The van der Waals surface area contributed by atoms with Crippen LogP contribution in [-0.4, -0.2) is 108 Å². The van der Waals surface area contributed by atoms with Crippen molar-refractivity contribution >= 4 is 63.7 Å². The number of likely N-dealkylation sites (N-methyl/N-ethyl adjacent to an activating group) is 2.